The van der Waals surface area contributed by atoms with Gasteiger partial charge < -0.3 is 10.1 Å². The number of aromatic nitrogens is 4. The van der Waals surface area contributed by atoms with Crippen molar-refractivity contribution >= 4 is 16.9 Å². The number of aliphatic hydroxyl groups is 1. The maximum Gasteiger partial charge on any atom is 0.174 e. The van der Waals surface area contributed by atoms with Gasteiger partial charge >= 0.3 is 0 Å². The van der Waals surface area contributed by atoms with Crippen molar-refractivity contribution in [1.82, 2.24) is 25.7 Å². The van der Waals surface area contributed by atoms with Crippen molar-refractivity contribution in [3.8, 4) is 22.8 Å². The zero-order valence-electron chi connectivity index (χ0n) is 12.7. The summed E-state index contributed by atoms with van der Waals surface area (Å²) in [6.07, 6.45) is 1.54. The molecule has 1 radical (unpaired) electrons. The zero-order chi connectivity index (χ0) is 16.5. The van der Waals surface area contributed by atoms with Crippen molar-refractivity contribution < 1.29 is 5.11 Å². The second-order valence-electron chi connectivity index (χ2n) is 5.37. The van der Waals surface area contributed by atoms with Crippen LogP contribution in [0.1, 0.15) is 5.56 Å². The first-order valence-electron chi connectivity index (χ1n) is 7.49. The molecule has 0 aliphatic rings. The SMILES string of the molecule is [NH]c1ncc(-c2ccccc2CO)nc1-c1nc2ccccc2[nH]1. The zero-order valence-corrected chi connectivity index (χ0v) is 12.7. The average Bonchev–Trinajstić information content (AvgIpc) is 3.06. The monoisotopic (exact) mass is 316 g/mol. The maximum absolute atomic E-state index is 9.51. The Kier molecular flexibility index (Phi) is 3.44. The molecule has 0 saturated carbocycles. The summed E-state index contributed by atoms with van der Waals surface area (Å²) in [4.78, 5) is 16.4. The van der Waals surface area contributed by atoms with Gasteiger partial charge in [0.05, 0.1) is 29.5 Å². The number of H-pyrrole nitrogens is 1. The third kappa shape index (κ3) is 2.39. The number of hydrogen-bond acceptors (Lipinski definition) is 4. The Morgan fingerprint density at radius 3 is 2.62 bits per heavy atom. The highest BCUT2D eigenvalue weighted by Crippen LogP contribution is 2.28. The number of nitrogens with one attached hydrogen (secondary N) is 2. The fourth-order valence-electron chi connectivity index (χ4n) is 2.66. The standard InChI is InChI=1S/C18H14N5O/c19-17-16(18-22-13-7-3-4-8-14(13)23-18)21-15(9-20-17)12-6-2-1-5-11(12)10-24/h1-9,19,24H,10H2,(H,22,23). The van der Waals surface area contributed by atoms with Gasteiger partial charge in [-0.2, -0.15) is 0 Å². The highest BCUT2D eigenvalue weighted by atomic mass is 16.3. The number of aliphatic hydroxyl groups excluding tert-OH is 1. The van der Waals surface area contributed by atoms with Crippen LogP contribution in [-0.2, 0) is 6.61 Å². The summed E-state index contributed by atoms with van der Waals surface area (Å²) in [6, 6.07) is 15.1. The fraction of sp³-hybridized carbons (Fsp3) is 0.0556. The largest absolute Gasteiger partial charge is 0.392 e. The molecule has 3 N–H and O–H groups in total. The van der Waals surface area contributed by atoms with Gasteiger partial charge in [0.1, 0.15) is 0 Å². The second kappa shape index (κ2) is 5.75. The lowest BCUT2D eigenvalue weighted by atomic mass is 10.1. The molecule has 4 rings (SSSR count). The molecular weight excluding hydrogens is 302 g/mol. The summed E-state index contributed by atoms with van der Waals surface area (Å²) < 4.78 is 0. The number of nitrogens with zero attached hydrogens (tertiary/aromatic N) is 3. The molecule has 0 spiro atoms. The Morgan fingerprint density at radius 2 is 1.79 bits per heavy atom. The predicted octanol–water partition coefficient (Wildman–Crippen LogP) is 3.09. The third-order valence-corrected chi connectivity index (χ3v) is 3.85. The molecule has 0 atom stereocenters. The molecule has 0 saturated heterocycles. The molecule has 6 heteroatoms. The van der Waals surface area contributed by atoms with Crippen molar-refractivity contribution in [2.24, 2.45) is 0 Å². The van der Waals surface area contributed by atoms with E-state index >= 15 is 0 Å². The predicted molar refractivity (Wildman–Crippen MR) is 91.2 cm³/mol. The van der Waals surface area contributed by atoms with E-state index in [1.165, 1.54) is 0 Å². The minimum absolute atomic E-state index is 0.0549. The molecule has 2 aromatic carbocycles. The summed E-state index contributed by atoms with van der Waals surface area (Å²) in [7, 11) is 0. The van der Waals surface area contributed by atoms with Gasteiger partial charge in [-0.3, -0.25) is 5.73 Å². The lowest BCUT2D eigenvalue weighted by Gasteiger charge is -2.08. The van der Waals surface area contributed by atoms with Crippen LogP contribution in [0.25, 0.3) is 33.8 Å². The number of para-hydroxylation sites is 2. The summed E-state index contributed by atoms with van der Waals surface area (Å²) in [6.45, 7) is -0.0829. The molecule has 0 bridgehead atoms. The van der Waals surface area contributed by atoms with E-state index in [9.17, 15) is 5.11 Å². The summed E-state index contributed by atoms with van der Waals surface area (Å²) in [5.41, 5.74) is 12.3. The number of aromatic amines is 1. The van der Waals surface area contributed by atoms with E-state index in [2.05, 4.69) is 19.9 Å². The minimum atomic E-state index is -0.0829. The second-order valence-corrected chi connectivity index (χ2v) is 5.37. The Labute approximate surface area is 138 Å². The van der Waals surface area contributed by atoms with Crippen molar-refractivity contribution in [3.63, 3.8) is 0 Å². The van der Waals surface area contributed by atoms with Gasteiger partial charge in [0.15, 0.2) is 17.3 Å². The quantitative estimate of drug-likeness (QED) is 0.606. The van der Waals surface area contributed by atoms with Crippen LogP contribution in [0.2, 0.25) is 0 Å². The van der Waals surface area contributed by atoms with Crippen LogP contribution >= 0.6 is 0 Å². The number of fused-ring (bicyclic) bond motifs is 1. The average molecular weight is 316 g/mol. The van der Waals surface area contributed by atoms with Gasteiger partial charge in [-0.1, -0.05) is 36.4 Å². The van der Waals surface area contributed by atoms with Crippen LogP contribution in [0.5, 0.6) is 0 Å². The normalized spacial score (nSPS) is 11.0. The first-order valence-corrected chi connectivity index (χ1v) is 7.49. The van der Waals surface area contributed by atoms with Gasteiger partial charge in [0.25, 0.3) is 0 Å². The van der Waals surface area contributed by atoms with Crippen LogP contribution in [0.4, 0.5) is 5.82 Å². The molecule has 0 fully saturated rings. The van der Waals surface area contributed by atoms with Crippen LogP contribution in [0.3, 0.4) is 0 Å². The molecule has 24 heavy (non-hydrogen) atoms. The van der Waals surface area contributed by atoms with Crippen molar-refractivity contribution in [2.75, 3.05) is 0 Å². The smallest absolute Gasteiger partial charge is 0.174 e. The highest BCUT2D eigenvalue weighted by Gasteiger charge is 2.14. The van der Waals surface area contributed by atoms with Crippen LogP contribution < -0.4 is 5.73 Å². The number of rotatable bonds is 3. The van der Waals surface area contributed by atoms with E-state index in [0.29, 0.717) is 17.2 Å². The van der Waals surface area contributed by atoms with E-state index < -0.39 is 0 Å². The fourth-order valence-corrected chi connectivity index (χ4v) is 2.66. The van der Waals surface area contributed by atoms with Gasteiger partial charge in [-0.25, -0.2) is 15.0 Å². The Hall–Kier alpha value is -3.25. The molecule has 4 aromatic rings. The lowest BCUT2D eigenvalue weighted by Crippen LogP contribution is -1.97. The summed E-state index contributed by atoms with van der Waals surface area (Å²) in [5, 5.41) is 9.51. The molecular formula is C18H14N5O. The van der Waals surface area contributed by atoms with E-state index in [1.54, 1.807) is 6.20 Å². The summed E-state index contributed by atoms with van der Waals surface area (Å²) in [5.74, 6) is 0.566. The Balaban J connectivity index is 1.87. The van der Waals surface area contributed by atoms with E-state index in [0.717, 1.165) is 22.2 Å². The van der Waals surface area contributed by atoms with Crippen molar-refractivity contribution in [2.45, 2.75) is 6.61 Å². The molecule has 6 nitrogen and oxygen atoms in total. The van der Waals surface area contributed by atoms with Crippen LogP contribution in [0, 0.1) is 0 Å². The molecule has 0 aliphatic carbocycles. The van der Waals surface area contributed by atoms with Crippen LogP contribution in [0.15, 0.2) is 54.7 Å². The first-order chi connectivity index (χ1) is 11.8. The van der Waals surface area contributed by atoms with Gasteiger partial charge in [0, 0.05) is 5.56 Å². The number of imidazole rings is 1. The van der Waals surface area contributed by atoms with Crippen molar-refractivity contribution in [3.05, 3.63) is 60.3 Å². The van der Waals surface area contributed by atoms with E-state index in [4.69, 9.17) is 5.73 Å². The highest BCUT2D eigenvalue weighted by molar-refractivity contribution is 5.80. The molecule has 2 aromatic heterocycles. The number of benzene rings is 2. The molecule has 0 aliphatic heterocycles. The van der Waals surface area contributed by atoms with Gasteiger partial charge in [-0.05, 0) is 17.7 Å². The molecule has 117 valence electrons. The molecule has 2 heterocycles. The number of hydrogen-bond donors (Lipinski definition) is 2. The third-order valence-electron chi connectivity index (χ3n) is 3.85. The van der Waals surface area contributed by atoms with Crippen LogP contribution in [-0.4, -0.2) is 25.0 Å². The van der Waals surface area contributed by atoms with E-state index in [1.807, 2.05) is 48.5 Å². The summed E-state index contributed by atoms with van der Waals surface area (Å²) >= 11 is 0. The minimum Gasteiger partial charge on any atom is -0.392 e. The topological polar surface area (TPSA) is 98.5 Å². The molecule has 0 amide bonds. The van der Waals surface area contributed by atoms with Gasteiger partial charge in [-0.15, -0.1) is 0 Å². The Bertz CT molecular complexity index is 992. The first kappa shape index (κ1) is 14.3. The van der Waals surface area contributed by atoms with Gasteiger partial charge in [0.2, 0.25) is 0 Å². The maximum atomic E-state index is 9.51. The lowest BCUT2D eigenvalue weighted by molar-refractivity contribution is 0.282. The van der Waals surface area contributed by atoms with Crippen molar-refractivity contribution in [1.29, 1.82) is 0 Å². The van der Waals surface area contributed by atoms with E-state index in [-0.39, 0.29) is 12.4 Å². The Morgan fingerprint density at radius 1 is 1.00 bits per heavy atom. The molecule has 0 unspecified atom stereocenters.